The fourth-order valence-corrected chi connectivity index (χ4v) is 9.20. The van der Waals surface area contributed by atoms with Crippen molar-refractivity contribution in [1.29, 1.82) is 0 Å². The maximum Gasteiger partial charge on any atom is 0.137 e. The molecule has 0 amide bonds. The number of aromatic nitrogens is 2. The quantitative estimate of drug-likeness (QED) is 0.173. The highest BCUT2D eigenvalue weighted by Gasteiger charge is 2.19. The van der Waals surface area contributed by atoms with Gasteiger partial charge in [-0.2, -0.15) is 0 Å². The first kappa shape index (κ1) is 31.7. The zero-order valence-electron chi connectivity index (χ0n) is 30.9. The van der Waals surface area contributed by atoms with E-state index in [-0.39, 0.29) is 0 Å². The van der Waals surface area contributed by atoms with E-state index >= 15 is 0 Å². The number of furan rings is 1. The molecule has 0 saturated carbocycles. The van der Waals surface area contributed by atoms with Crippen LogP contribution in [0.5, 0.6) is 0 Å². The molecular formula is C54H34N2O. The Morgan fingerprint density at radius 2 is 0.825 bits per heavy atom. The number of fused-ring (bicyclic) bond motifs is 9. The van der Waals surface area contributed by atoms with Crippen molar-refractivity contribution in [2.45, 2.75) is 0 Å². The molecule has 0 radical (unpaired) electrons. The van der Waals surface area contributed by atoms with Crippen molar-refractivity contribution in [2.75, 3.05) is 0 Å². The third-order valence-electron chi connectivity index (χ3n) is 11.7. The Balaban J connectivity index is 1.00. The van der Waals surface area contributed by atoms with Crippen LogP contribution in [0.2, 0.25) is 0 Å². The van der Waals surface area contributed by atoms with E-state index in [9.17, 15) is 0 Å². The Hall–Kier alpha value is -7.62. The van der Waals surface area contributed by atoms with Crippen LogP contribution in [0.15, 0.2) is 211 Å². The molecule has 0 N–H and O–H groups in total. The lowest BCUT2D eigenvalue weighted by atomic mass is 9.92. The van der Waals surface area contributed by atoms with Crippen molar-refractivity contribution in [2.24, 2.45) is 0 Å². The van der Waals surface area contributed by atoms with Crippen molar-refractivity contribution in [1.82, 2.24) is 9.13 Å². The fourth-order valence-electron chi connectivity index (χ4n) is 9.20. The molecule has 266 valence electrons. The van der Waals surface area contributed by atoms with E-state index in [0.717, 1.165) is 33.1 Å². The van der Waals surface area contributed by atoms with Crippen LogP contribution in [0, 0.1) is 0 Å². The van der Waals surface area contributed by atoms with E-state index in [0.29, 0.717) is 0 Å². The maximum atomic E-state index is 6.68. The molecule has 0 saturated heterocycles. The number of hydrogen-bond acceptors (Lipinski definition) is 1. The van der Waals surface area contributed by atoms with Gasteiger partial charge in [0.15, 0.2) is 0 Å². The van der Waals surface area contributed by atoms with E-state index in [2.05, 4.69) is 215 Å². The lowest BCUT2D eigenvalue weighted by Gasteiger charge is -2.11. The molecule has 3 aromatic heterocycles. The molecule has 0 fully saturated rings. The highest BCUT2D eigenvalue weighted by atomic mass is 16.3. The fraction of sp³-hybridized carbons (Fsp3) is 0. The molecule has 0 aliphatic carbocycles. The first-order valence-corrected chi connectivity index (χ1v) is 19.5. The summed E-state index contributed by atoms with van der Waals surface area (Å²) in [6, 6.07) is 74.3. The maximum absolute atomic E-state index is 6.68. The summed E-state index contributed by atoms with van der Waals surface area (Å²) in [5.41, 5.74) is 15.9. The summed E-state index contributed by atoms with van der Waals surface area (Å²) in [7, 11) is 0. The highest BCUT2D eigenvalue weighted by Crippen LogP contribution is 2.43. The standard InChI is InChI=1S/C54H34N2O/c1-3-14-35(15-4-1)40-18-7-8-19-41(40)44-22-13-25-52-54(44)45-29-28-39(34-53(45)57-52)56-49-24-12-10-21-43(49)47-33-37(27-31-51(47)56)36-26-30-50-46(32-36)42-20-9-11-23-48(42)55(50)38-16-5-2-6-17-38/h1-34H. The molecule has 3 heteroatoms. The van der Waals surface area contributed by atoms with Crippen LogP contribution in [-0.2, 0) is 0 Å². The normalized spacial score (nSPS) is 11.9. The van der Waals surface area contributed by atoms with Crippen LogP contribution in [-0.4, -0.2) is 9.13 Å². The summed E-state index contributed by atoms with van der Waals surface area (Å²) in [5.74, 6) is 0. The van der Waals surface area contributed by atoms with Crippen LogP contribution in [0.25, 0.3) is 110 Å². The zero-order valence-corrected chi connectivity index (χ0v) is 30.9. The lowest BCUT2D eigenvalue weighted by Crippen LogP contribution is -1.93. The molecule has 0 spiro atoms. The third kappa shape index (κ3) is 4.86. The van der Waals surface area contributed by atoms with Crippen molar-refractivity contribution in [3.8, 4) is 44.8 Å². The number of rotatable bonds is 5. The van der Waals surface area contributed by atoms with E-state index in [1.807, 2.05) is 0 Å². The Kier molecular flexibility index (Phi) is 6.93. The monoisotopic (exact) mass is 726 g/mol. The van der Waals surface area contributed by atoms with Gasteiger partial charge in [-0.1, -0.05) is 133 Å². The number of benzene rings is 9. The van der Waals surface area contributed by atoms with Gasteiger partial charge >= 0.3 is 0 Å². The van der Waals surface area contributed by atoms with Gasteiger partial charge in [0.1, 0.15) is 11.2 Å². The minimum Gasteiger partial charge on any atom is -0.456 e. The van der Waals surface area contributed by atoms with Gasteiger partial charge in [-0.25, -0.2) is 0 Å². The Labute approximate surface area is 328 Å². The predicted molar refractivity (Wildman–Crippen MR) is 239 cm³/mol. The largest absolute Gasteiger partial charge is 0.456 e. The van der Waals surface area contributed by atoms with E-state index in [1.165, 1.54) is 77.2 Å². The molecule has 3 nitrogen and oxygen atoms in total. The van der Waals surface area contributed by atoms with Crippen LogP contribution in [0.4, 0.5) is 0 Å². The second kappa shape index (κ2) is 12.5. The zero-order chi connectivity index (χ0) is 37.5. The Morgan fingerprint density at radius 3 is 1.51 bits per heavy atom. The van der Waals surface area contributed by atoms with Gasteiger partial charge in [0.05, 0.1) is 22.1 Å². The molecule has 3 heterocycles. The molecule has 0 atom stereocenters. The summed E-state index contributed by atoms with van der Waals surface area (Å²) in [5, 5.41) is 7.20. The molecule has 12 rings (SSSR count). The molecule has 0 aliphatic heterocycles. The molecule has 12 aromatic rings. The van der Waals surface area contributed by atoms with Crippen LogP contribution in [0.3, 0.4) is 0 Å². The van der Waals surface area contributed by atoms with Gasteiger partial charge in [0.2, 0.25) is 0 Å². The minimum atomic E-state index is 0.873. The predicted octanol–water partition coefficient (Wildman–Crippen LogP) is 14.8. The van der Waals surface area contributed by atoms with Crippen LogP contribution >= 0.6 is 0 Å². The average molecular weight is 727 g/mol. The Bertz CT molecular complexity index is 3510. The molecule has 9 aromatic carbocycles. The SMILES string of the molecule is c1ccc(-c2ccccc2-c2cccc3oc4cc(-n5c6ccccc6c6cc(-c7ccc8c(c7)c7ccccc7n8-c7ccccc7)ccc65)ccc4c23)cc1. The number of para-hydroxylation sites is 3. The van der Waals surface area contributed by atoms with Crippen molar-refractivity contribution < 1.29 is 4.42 Å². The van der Waals surface area contributed by atoms with E-state index in [4.69, 9.17) is 4.42 Å². The molecule has 0 unspecified atom stereocenters. The summed E-state index contributed by atoms with van der Waals surface area (Å²) < 4.78 is 11.4. The third-order valence-corrected chi connectivity index (χ3v) is 11.7. The van der Waals surface area contributed by atoms with Crippen molar-refractivity contribution >= 4 is 65.6 Å². The second-order valence-corrected chi connectivity index (χ2v) is 14.9. The van der Waals surface area contributed by atoms with Gasteiger partial charge in [-0.3, -0.25) is 0 Å². The average Bonchev–Trinajstić information content (AvgIpc) is 3.94. The second-order valence-electron chi connectivity index (χ2n) is 14.9. The summed E-state index contributed by atoms with van der Waals surface area (Å²) in [4.78, 5) is 0. The van der Waals surface area contributed by atoms with Gasteiger partial charge in [-0.05, 0) is 100 Å². The van der Waals surface area contributed by atoms with Crippen molar-refractivity contribution in [3.05, 3.63) is 206 Å². The van der Waals surface area contributed by atoms with Gasteiger partial charge < -0.3 is 13.6 Å². The summed E-state index contributed by atoms with van der Waals surface area (Å²) in [6.45, 7) is 0. The topological polar surface area (TPSA) is 23.0 Å². The first-order valence-electron chi connectivity index (χ1n) is 19.5. The molecule has 57 heavy (non-hydrogen) atoms. The van der Waals surface area contributed by atoms with E-state index in [1.54, 1.807) is 0 Å². The number of nitrogens with zero attached hydrogens (tertiary/aromatic N) is 2. The summed E-state index contributed by atoms with van der Waals surface area (Å²) in [6.07, 6.45) is 0. The highest BCUT2D eigenvalue weighted by molar-refractivity contribution is 6.15. The summed E-state index contributed by atoms with van der Waals surface area (Å²) >= 11 is 0. The van der Waals surface area contributed by atoms with E-state index < -0.39 is 0 Å². The molecule has 0 bridgehead atoms. The van der Waals surface area contributed by atoms with Crippen LogP contribution in [0.1, 0.15) is 0 Å². The smallest absolute Gasteiger partial charge is 0.137 e. The minimum absolute atomic E-state index is 0.873. The van der Waals surface area contributed by atoms with Crippen LogP contribution < -0.4 is 0 Å². The lowest BCUT2D eigenvalue weighted by molar-refractivity contribution is 0.668. The van der Waals surface area contributed by atoms with Gasteiger partial charge in [-0.15, -0.1) is 0 Å². The van der Waals surface area contributed by atoms with Gasteiger partial charge in [0.25, 0.3) is 0 Å². The molecule has 0 aliphatic rings. The molecular weight excluding hydrogens is 693 g/mol. The van der Waals surface area contributed by atoms with Crippen molar-refractivity contribution in [3.63, 3.8) is 0 Å². The van der Waals surface area contributed by atoms with Gasteiger partial charge in [0, 0.05) is 49.8 Å². The first-order chi connectivity index (χ1) is 28.3. The Morgan fingerprint density at radius 1 is 0.281 bits per heavy atom. The number of hydrogen-bond donors (Lipinski definition) is 0.